The van der Waals surface area contributed by atoms with Crippen LogP contribution in [0.25, 0.3) is 0 Å². The van der Waals surface area contributed by atoms with Crippen molar-refractivity contribution in [3.63, 3.8) is 0 Å². The van der Waals surface area contributed by atoms with Crippen LogP contribution in [0.1, 0.15) is 30.0 Å². The predicted octanol–water partition coefficient (Wildman–Crippen LogP) is 0.717. The SMILES string of the molecule is CN(Cc1cnn(C)c1)c1ncc(S(C)(=O)=O)c([C@@H]2CCCNC2)n1. The summed E-state index contributed by atoms with van der Waals surface area (Å²) in [6.07, 6.45) is 8.34. The normalized spacial score (nSPS) is 18.3. The first kappa shape index (κ1) is 17.8. The van der Waals surface area contributed by atoms with Crippen molar-refractivity contribution in [2.24, 2.45) is 7.05 Å². The lowest BCUT2D eigenvalue weighted by Gasteiger charge is -2.25. The maximum atomic E-state index is 12.1. The van der Waals surface area contributed by atoms with Gasteiger partial charge in [0.25, 0.3) is 0 Å². The van der Waals surface area contributed by atoms with Gasteiger partial charge in [0.2, 0.25) is 5.95 Å². The van der Waals surface area contributed by atoms with E-state index in [4.69, 9.17) is 0 Å². The van der Waals surface area contributed by atoms with Gasteiger partial charge in [-0.3, -0.25) is 4.68 Å². The number of piperidine rings is 1. The Morgan fingerprint density at radius 1 is 1.40 bits per heavy atom. The second-order valence-corrected chi connectivity index (χ2v) is 8.60. The molecule has 9 heteroatoms. The lowest BCUT2D eigenvalue weighted by Crippen LogP contribution is -2.30. The van der Waals surface area contributed by atoms with Gasteiger partial charge < -0.3 is 10.2 Å². The van der Waals surface area contributed by atoms with Crippen LogP contribution in [0.5, 0.6) is 0 Å². The first-order valence-electron chi connectivity index (χ1n) is 8.31. The van der Waals surface area contributed by atoms with Crippen molar-refractivity contribution >= 4 is 15.8 Å². The Balaban J connectivity index is 1.92. The van der Waals surface area contributed by atoms with Gasteiger partial charge in [-0.25, -0.2) is 18.4 Å². The van der Waals surface area contributed by atoms with Crippen molar-refractivity contribution in [1.29, 1.82) is 0 Å². The second kappa shape index (κ2) is 7.09. The van der Waals surface area contributed by atoms with Crippen LogP contribution in [0.15, 0.2) is 23.5 Å². The van der Waals surface area contributed by atoms with Crippen LogP contribution < -0.4 is 10.2 Å². The second-order valence-electron chi connectivity index (χ2n) is 6.61. The Hall–Kier alpha value is -2.00. The van der Waals surface area contributed by atoms with E-state index in [2.05, 4.69) is 20.4 Å². The van der Waals surface area contributed by atoms with Crippen molar-refractivity contribution in [3.8, 4) is 0 Å². The number of aryl methyl sites for hydroxylation is 1. The molecule has 136 valence electrons. The number of aromatic nitrogens is 4. The van der Waals surface area contributed by atoms with E-state index in [9.17, 15) is 8.42 Å². The van der Waals surface area contributed by atoms with Crippen LogP contribution in [0.4, 0.5) is 5.95 Å². The third-order valence-electron chi connectivity index (χ3n) is 4.37. The fourth-order valence-electron chi connectivity index (χ4n) is 3.12. The van der Waals surface area contributed by atoms with Gasteiger partial charge in [-0.15, -0.1) is 0 Å². The molecule has 0 aliphatic carbocycles. The quantitative estimate of drug-likeness (QED) is 0.835. The van der Waals surface area contributed by atoms with E-state index >= 15 is 0 Å². The molecular weight excluding hydrogens is 340 g/mol. The molecular formula is C16H24N6O2S. The minimum absolute atomic E-state index is 0.0898. The maximum absolute atomic E-state index is 12.1. The monoisotopic (exact) mass is 364 g/mol. The summed E-state index contributed by atoms with van der Waals surface area (Å²) in [7, 11) is 0.399. The van der Waals surface area contributed by atoms with Crippen LogP contribution in [0, 0.1) is 0 Å². The van der Waals surface area contributed by atoms with E-state index in [1.54, 1.807) is 10.9 Å². The number of hydrogen-bond acceptors (Lipinski definition) is 7. The van der Waals surface area contributed by atoms with Crippen LogP contribution in [0.3, 0.4) is 0 Å². The van der Waals surface area contributed by atoms with Crippen molar-refractivity contribution in [2.45, 2.75) is 30.2 Å². The van der Waals surface area contributed by atoms with Gasteiger partial charge in [0.1, 0.15) is 4.90 Å². The molecule has 8 nitrogen and oxygen atoms in total. The number of nitrogens with one attached hydrogen (secondary N) is 1. The molecule has 25 heavy (non-hydrogen) atoms. The number of sulfone groups is 1. The molecule has 0 unspecified atom stereocenters. The standard InChI is InChI=1S/C16H24N6O2S/c1-21(10-12-7-19-22(2)11-12)16-18-9-14(25(3,23)24)15(20-16)13-5-4-6-17-8-13/h7,9,11,13,17H,4-6,8,10H2,1-3H3/t13-/m1/s1. The largest absolute Gasteiger partial charge is 0.339 e. The van der Waals surface area contributed by atoms with Gasteiger partial charge in [-0.1, -0.05) is 0 Å². The van der Waals surface area contributed by atoms with Crippen molar-refractivity contribution < 1.29 is 8.42 Å². The molecule has 1 saturated heterocycles. The van der Waals surface area contributed by atoms with Crippen molar-refractivity contribution in [2.75, 3.05) is 31.3 Å². The minimum atomic E-state index is -3.37. The fraction of sp³-hybridized carbons (Fsp3) is 0.562. The van der Waals surface area contributed by atoms with E-state index in [0.717, 1.165) is 31.5 Å². The average Bonchev–Trinajstić information content (AvgIpc) is 2.99. The van der Waals surface area contributed by atoms with E-state index in [1.807, 2.05) is 25.2 Å². The first-order chi connectivity index (χ1) is 11.8. The van der Waals surface area contributed by atoms with E-state index in [0.29, 0.717) is 18.2 Å². The highest BCUT2D eigenvalue weighted by Crippen LogP contribution is 2.28. The summed E-state index contributed by atoms with van der Waals surface area (Å²) in [5.74, 6) is 0.615. The van der Waals surface area contributed by atoms with Gasteiger partial charge in [0.05, 0.1) is 18.1 Å². The Kier molecular flexibility index (Phi) is 5.05. The zero-order valence-electron chi connectivity index (χ0n) is 14.8. The molecule has 1 atom stereocenters. The molecule has 0 saturated carbocycles. The van der Waals surface area contributed by atoms with E-state index < -0.39 is 9.84 Å². The van der Waals surface area contributed by atoms with Crippen molar-refractivity contribution in [3.05, 3.63) is 29.8 Å². The molecule has 3 rings (SSSR count). The molecule has 1 fully saturated rings. The molecule has 0 bridgehead atoms. The van der Waals surface area contributed by atoms with Crippen LogP contribution >= 0.6 is 0 Å². The zero-order chi connectivity index (χ0) is 18.0. The summed E-state index contributed by atoms with van der Waals surface area (Å²) in [5, 5.41) is 7.49. The highest BCUT2D eigenvalue weighted by molar-refractivity contribution is 7.90. The molecule has 0 aromatic carbocycles. The molecule has 2 aromatic heterocycles. The number of hydrogen-bond donors (Lipinski definition) is 1. The third-order valence-corrected chi connectivity index (χ3v) is 5.49. The summed E-state index contributed by atoms with van der Waals surface area (Å²) < 4.78 is 26.0. The van der Waals surface area contributed by atoms with E-state index in [1.165, 1.54) is 12.5 Å². The molecule has 1 aliphatic heterocycles. The van der Waals surface area contributed by atoms with Crippen LogP contribution in [-0.4, -0.2) is 54.6 Å². The summed E-state index contributed by atoms with van der Waals surface area (Å²) >= 11 is 0. The molecule has 3 heterocycles. The third kappa shape index (κ3) is 4.16. The zero-order valence-corrected chi connectivity index (χ0v) is 15.6. The summed E-state index contributed by atoms with van der Waals surface area (Å²) in [6.45, 7) is 2.31. The highest BCUT2D eigenvalue weighted by Gasteiger charge is 2.25. The lowest BCUT2D eigenvalue weighted by atomic mass is 9.96. The minimum Gasteiger partial charge on any atom is -0.339 e. The molecule has 2 aromatic rings. The highest BCUT2D eigenvalue weighted by atomic mass is 32.2. The molecule has 1 N–H and O–H groups in total. The average molecular weight is 364 g/mol. The molecule has 1 aliphatic rings. The van der Waals surface area contributed by atoms with E-state index in [-0.39, 0.29) is 10.8 Å². The molecule has 0 spiro atoms. The predicted molar refractivity (Wildman–Crippen MR) is 95.3 cm³/mol. The Morgan fingerprint density at radius 3 is 2.80 bits per heavy atom. The topological polar surface area (TPSA) is 93.0 Å². The maximum Gasteiger partial charge on any atom is 0.225 e. The van der Waals surface area contributed by atoms with Gasteiger partial charge >= 0.3 is 0 Å². The summed E-state index contributed by atoms with van der Waals surface area (Å²) in [5.41, 5.74) is 1.67. The Bertz CT molecular complexity index is 842. The fourth-order valence-corrected chi connectivity index (χ4v) is 3.96. The number of anilines is 1. The van der Waals surface area contributed by atoms with Gasteiger partial charge in [0.15, 0.2) is 9.84 Å². The van der Waals surface area contributed by atoms with Crippen LogP contribution in [0.2, 0.25) is 0 Å². The Labute approximate surface area is 148 Å². The van der Waals surface area contributed by atoms with Crippen molar-refractivity contribution in [1.82, 2.24) is 25.1 Å². The van der Waals surface area contributed by atoms with Gasteiger partial charge in [-0.2, -0.15) is 5.10 Å². The first-order valence-corrected chi connectivity index (χ1v) is 10.2. The Morgan fingerprint density at radius 2 is 2.20 bits per heavy atom. The molecule has 0 amide bonds. The lowest BCUT2D eigenvalue weighted by molar-refractivity contribution is 0.447. The summed E-state index contributed by atoms with van der Waals surface area (Å²) in [4.78, 5) is 11.1. The summed E-state index contributed by atoms with van der Waals surface area (Å²) in [6, 6.07) is 0. The smallest absolute Gasteiger partial charge is 0.225 e. The number of rotatable bonds is 5. The van der Waals surface area contributed by atoms with Crippen LogP contribution in [-0.2, 0) is 23.4 Å². The van der Waals surface area contributed by atoms with Gasteiger partial charge in [0, 0.05) is 51.1 Å². The van der Waals surface area contributed by atoms with Gasteiger partial charge in [-0.05, 0) is 19.4 Å². The number of nitrogens with zero attached hydrogens (tertiary/aromatic N) is 5. The molecule has 0 radical (unpaired) electrons.